The minimum atomic E-state index is -4.16. The summed E-state index contributed by atoms with van der Waals surface area (Å²) in [7, 11) is -8.33. The van der Waals surface area contributed by atoms with Gasteiger partial charge in [-0.2, -0.15) is 0 Å². The van der Waals surface area contributed by atoms with E-state index in [0.29, 0.717) is 44.5 Å². The first-order chi connectivity index (χ1) is 35.4. The lowest BCUT2D eigenvalue weighted by molar-refractivity contribution is 0.446. The fourth-order valence-electron chi connectivity index (χ4n) is 11.1. The van der Waals surface area contributed by atoms with Crippen molar-refractivity contribution in [3.05, 3.63) is 284 Å². The zero-order chi connectivity index (χ0) is 52.4. The molecule has 0 N–H and O–H groups in total. The molecule has 370 valence electrons. The third kappa shape index (κ3) is 8.39. The first-order valence-corrected chi connectivity index (χ1v) is 28.7. The van der Waals surface area contributed by atoms with Crippen LogP contribution in [-0.2, 0) is 0 Å². The molecule has 8 aromatic rings. The van der Waals surface area contributed by atoms with E-state index in [-0.39, 0.29) is 55.1 Å². The molecule has 14 heteroatoms. The normalized spacial score (nSPS) is 15.3. The van der Waals surface area contributed by atoms with E-state index in [4.69, 9.17) is 0 Å². The second-order valence-corrected chi connectivity index (χ2v) is 27.0. The highest BCUT2D eigenvalue weighted by Crippen LogP contribution is 2.62. The number of rotatable bonds is 11. The molecule has 0 spiro atoms. The van der Waals surface area contributed by atoms with Crippen molar-refractivity contribution >= 4 is 59.2 Å². The monoisotopic (exact) mass is 1040 g/mol. The molecule has 8 aromatic carbocycles. The second-order valence-electron chi connectivity index (χ2n) is 18.6. The molecule has 2 aliphatic heterocycles. The molecular formula is C60H38F12Si2. The highest BCUT2D eigenvalue weighted by atomic mass is 28.3. The molecule has 0 saturated heterocycles. The Morgan fingerprint density at radius 1 is 0.243 bits per heavy atom. The van der Waals surface area contributed by atoms with Crippen molar-refractivity contribution < 1.29 is 52.7 Å². The zero-order valence-electron chi connectivity index (χ0n) is 39.1. The predicted octanol–water partition coefficient (Wildman–Crippen LogP) is 17.4. The molecule has 2 heterocycles. The molecule has 0 fully saturated rings. The molecule has 0 aliphatic carbocycles. The summed E-state index contributed by atoms with van der Waals surface area (Å²) < 4.78 is 187. The van der Waals surface area contributed by atoms with Crippen molar-refractivity contribution in [2.45, 2.75) is 25.2 Å². The SMILES string of the molecule is C[Si]1(CC[Si]2(C)C(c3cc(F)c(F)c(F)c3)=C(c3ccccc3)C(c3ccccc3)=C2c2cc(F)c(F)c(F)c2)C(c2cc(F)c(F)c(F)c2)=C(c2ccccc2)C(c2ccccc2)=C1c1cc(F)c(F)c(F)c1. The first-order valence-electron chi connectivity index (χ1n) is 23.2. The Labute approximate surface area is 419 Å². The summed E-state index contributed by atoms with van der Waals surface area (Å²) in [4.78, 5) is 0. The van der Waals surface area contributed by atoms with Gasteiger partial charge in [-0.15, -0.1) is 0 Å². The van der Waals surface area contributed by atoms with E-state index in [9.17, 15) is 0 Å². The summed E-state index contributed by atoms with van der Waals surface area (Å²) in [5.74, 6) is -19.5. The third-order valence-corrected chi connectivity index (χ3v) is 23.7. The van der Waals surface area contributed by atoms with Crippen LogP contribution in [0.5, 0.6) is 0 Å². The average molecular weight is 1040 g/mol. The molecule has 2 aliphatic rings. The summed E-state index contributed by atoms with van der Waals surface area (Å²) in [5, 5.41) is 0.987. The van der Waals surface area contributed by atoms with Crippen LogP contribution in [0.25, 0.3) is 43.1 Å². The highest BCUT2D eigenvalue weighted by molar-refractivity contribution is 7.17. The van der Waals surface area contributed by atoms with Crippen LogP contribution >= 0.6 is 0 Å². The smallest absolute Gasteiger partial charge is 0.194 e. The van der Waals surface area contributed by atoms with Gasteiger partial charge in [-0.25, -0.2) is 52.7 Å². The van der Waals surface area contributed by atoms with Crippen molar-refractivity contribution in [1.29, 1.82) is 0 Å². The van der Waals surface area contributed by atoms with Gasteiger partial charge in [0.05, 0.1) is 0 Å². The van der Waals surface area contributed by atoms with Crippen LogP contribution < -0.4 is 0 Å². The van der Waals surface area contributed by atoms with Gasteiger partial charge in [-0.3, -0.25) is 0 Å². The molecule has 10 rings (SSSR count). The number of hydrogen-bond acceptors (Lipinski definition) is 0. The maximum atomic E-state index is 15.9. The number of benzene rings is 8. The molecule has 74 heavy (non-hydrogen) atoms. The zero-order valence-corrected chi connectivity index (χ0v) is 41.1. The Morgan fingerprint density at radius 2 is 0.405 bits per heavy atom. The summed E-state index contributed by atoms with van der Waals surface area (Å²) in [6.45, 7) is 3.53. The van der Waals surface area contributed by atoms with Gasteiger partial charge in [0.1, 0.15) is 16.1 Å². The molecule has 0 saturated carbocycles. The van der Waals surface area contributed by atoms with E-state index < -0.39 is 86.0 Å². The fourth-order valence-corrected chi connectivity index (χ4v) is 23.0. The highest BCUT2D eigenvalue weighted by Gasteiger charge is 2.53. The van der Waals surface area contributed by atoms with Gasteiger partial charge in [0.15, 0.2) is 69.8 Å². The Hall–Kier alpha value is -7.69. The number of halogens is 12. The lowest BCUT2D eigenvalue weighted by atomic mass is 9.89. The van der Waals surface area contributed by atoms with E-state index >= 15 is 52.7 Å². The van der Waals surface area contributed by atoms with Crippen LogP contribution in [0.2, 0.25) is 25.2 Å². The summed E-state index contributed by atoms with van der Waals surface area (Å²) in [6, 6.07) is 40.4. The fraction of sp³-hybridized carbons (Fsp3) is 0.0667. The lowest BCUT2D eigenvalue weighted by Gasteiger charge is -2.37. The van der Waals surface area contributed by atoms with Crippen LogP contribution in [-0.4, -0.2) is 16.1 Å². The molecular weight excluding hydrogens is 1000 g/mol. The Bertz CT molecular complexity index is 3130. The van der Waals surface area contributed by atoms with Crippen molar-refractivity contribution in [3.8, 4) is 0 Å². The van der Waals surface area contributed by atoms with E-state index in [2.05, 4.69) is 0 Å². The maximum Gasteiger partial charge on any atom is 0.194 e. The molecule has 0 nitrogen and oxygen atoms in total. The second kappa shape index (κ2) is 19.3. The van der Waals surface area contributed by atoms with Gasteiger partial charge >= 0.3 is 0 Å². The molecule has 0 atom stereocenters. The summed E-state index contributed by atoms with van der Waals surface area (Å²) >= 11 is 0. The standard InChI is InChI=1S/C60H38F12Si2/c1-73(57(37-25-41(61)53(69)42(62)26-37)49(33-15-7-3-8-16-33)50(34-17-9-4-10-18-34)58(73)38-27-43(63)54(70)44(64)28-38)23-24-74(2)59(39-29-45(65)55(71)46(66)30-39)51(35-19-11-5-12-20-35)52(36-21-13-6-14-22-36)60(74)40-31-47(67)56(72)48(68)32-40/h3-22,25-32H,23-24H2,1-2H3. The Kier molecular flexibility index (Phi) is 13.0. The summed E-state index contributed by atoms with van der Waals surface area (Å²) in [6.07, 6.45) is 0. The van der Waals surface area contributed by atoms with Crippen molar-refractivity contribution in [1.82, 2.24) is 0 Å². The predicted molar refractivity (Wildman–Crippen MR) is 271 cm³/mol. The van der Waals surface area contributed by atoms with Crippen molar-refractivity contribution in [2.24, 2.45) is 0 Å². The molecule has 0 amide bonds. The number of allylic oxidation sites excluding steroid dienone is 4. The Balaban J connectivity index is 1.36. The van der Waals surface area contributed by atoms with Gasteiger partial charge in [-0.05, 0) is 136 Å². The minimum absolute atomic E-state index is 0.121. The van der Waals surface area contributed by atoms with Gasteiger partial charge in [0.2, 0.25) is 0 Å². The van der Waals surface area contributed by atoms with Crippen LogP contribution in [0.1, 0.15) is 44.5 Å². The average Bonchev–Trinajstić information content (AvgIpc) is 3.85. The van der Waals surface area contributed by atoms with Crippen LogP contribution in [0.4, 0.5) is 52.7 Å². The van der Waals surface area contributed by atoms with Gasteiger partial charge in [0, 0.05) is 0 Å². The van der Waals surface area contributed by atoms with Crippen molar-refractivity contribution in [2.75, 3.05) is 0 Å². The van der Waals surface area contributed by atoms with E-state index in [1.54, 1.807) is 134 Å². The van der Waals surface area contributed by atoms with Gasteiger partial charge < -0.3 is 0 Å². The lowest BCUT2D eigenvalue weighted by Crippen LogP contribution is -2.40. The third-order valence-electron chi connectivity index (χ3n) is 14.2. The minimum Gasteiger partial charge on any atom is -0.204 e. The summed E-state index contributed by atoms with van der Waals surface area (Å²) in [5.41, 5.74) is 2.59. The van der Waals surface area contributed by atoms with Gasteiger partial charge in [0.25, 0.3) is 0 Å². The van der Waals surface area contributed by atoms with E-state index in [0.717, 1.165) is 48.5 Å². The topological polar surface area (TPSA) is 0 Å². The van der Waals surface area contributed by atoms with Gasteiger partial charge in [-0.1, -0.05) is 147 Å². The first kappa shape index (κ1) is 49.9. The number of hydrogen-bond donors (Lipinski definition) is 0. The van der Waals surface area contributed by atoms with E-state index in [1.807, 2.05) is 0 Å². The maximum absolute atomic E-state index is 15.9. The molecule has 0 unspecified atom stereocenters. The Morgan fingerprint density at radius 3 is 0.568 bits per heavy atom. The molecule has 0 radical (unpaired) electrons. The van der Waals surface area contributed by atoms with Crippen molar-refractivity contribution in [3.63, 3.8) is 0 Å². The largest absolute Gasteiger partial charge is 0.204 e. The van der Waals surface area contributed by atoms with E-state index in [1.165, 1.54) is 0 Å². The van der Waals surface area contributed by atoms with Crippen LogP contribution in [0.15, 0.2) is 170 Å². The van der Waals surface area contributed by atoms with Crippen LogP contribution in [0, 0.1) is 69.8 Å². The molecule has 0 bridgehead atoms. The van der Waals surface area contributed by atoms with Crippen LogP contribution in [0.3, 0.4) is 0 Å². The molecule has 0 aromatic heterocycles. The quantitative estimate of drug-likeness (QED) is 0.0688.